The molecule has 0 radical (unpaired) electrons. The molecule has 0 saturated heterocycles. The van der Waals surface area contributed by atoms with Crippen LogP contribution >= 0.6 is 0 Å². The van der Waals surface area contributed by atoms with Crippen LogP contribution in [0.1, 0.15) is 16.7 Å². The Morgan fingerprint density at radius 1 is 0.962 bits per heavy atom. The number of nitrogens with two attached hydrogens (primary N) is 1. The van der Waals surface area contributed by atoms with Crippen LogP contribution in [0.3, 0.4) is 0 Å². The fourth-order valence-corrected chi connectivity index (χ4v) is 3.11. The SMILES string of the molecule is NC1N=C(c2ccccc2)c2ccccc2N(Cc2cccnc2)C1=O. The maximum absolute atomic E-state index is 13.0. The lowest BCUT2D eigenvalue weighted by atomic mass is 10.00. The minimum absolute atomic E-state index is 0.229. The molecular weight excluding hydrogens is 324 g/mol. The van der Waals surface area contributed by atoms with Crippen molar-refractivity contribution in [3.63, 3.8) is 0 Å². The number of carbonyl (C=O) groups is 1. The van der Waals surface area contributed by atoms with Crippen molar-refractivity contribution in [2.24, 2.45) is 10.7 Å². The Labute approximate surface area is 151 Å². The number of rotatable bonds is 3. The third-order valence-electron chi connectivity index (χ3n) is 4.35. The number of benzene rings is 2. The third-order valence-corrected chi connectivity index (χ3v) is 4.35. The summed E-state index contributed by atoms with van der Waals surface area (Å²) in [6, 6.07) is 21.4. The topological polar surface area (TPSA) is 71.6 Å². The van der Waals surface area contributed by atoms with Crippen molar-refractivity contribution in [2.45, 2.75) is 12.7 Å². The van der Waals surface area contributed by atoms with Crippen molar-refractivity contribution >= 4 is 17.3 Å². The number of hydrogen-bond donors (Lipinski definition) is 1. The average molecular weight is 342 g/mol. The molecule has 5 heteroatoms. The van der Waals surface area contributed by atoms with E-state index in [-0.39, 0.29) is 5.91 Å². The number of pyridine rings is 1. The van der Waals surface area contributed by atoms with Gasteiger partial charge in [-0.25, -0.2) is 0 Å². The van der Waals surface area contributed by atoms with Gasteiger partial charge in [0, 0.05) is 23.5 Å². The lowest BCUT2D eigenvalue weighted by Crippen LogP contribution is -2.41. The summed E-state index contributed by atoms with van der Waals surface area (Å²) in [6.45, 7) is 0.398. The predicted molar refractivity (Wildman–Crippen MR) is 102 cm³/mol. The molecule has 128 valence electrons. The second-order valence-electron chi connectivity index (χ2n) is 6.09. The molecule has 2 heterocycles. The molecule has 2 aromatic carbocycles. The first kappa shape index (κ1) is 16.2. The largest absolute Gasteiger partial charge is 0.304 e. The number of aromatic nitrogens is 1. The van der Waals surface area contributed by atoms with Crippen LogP contribution in [0.25, 0.3) is 0 Å². The lowest BCUT2D eigenvalue weighted by Gasteiger charge is -2.24. The first-order valence-corrected chi connectivity index (χ1v) is 8.42. The fraction of sp³-hybridized carbons (Fsp3) is 0.0952. The van der Waals surface area contributed by atoms with Crippen LogP contribution in [-0.4, -0.2) is 22.8 Å². The summed E-state index contributed by atoms with van der Waals surface area (Å²) in [4.78, 5) is 23.3. The highest BCUT2D eigenvalue weighted by Crippen LogP contribution is 2.28. The molecule has 1 aromatic heterocycles. The molecule has 2 N–H and O–H groups in total. The normalized spacial score (nSPS) is 16.7. The van der Waals surface area contributed by atoms with Gasteiger partial charge in [0.15, 0.2) is 6.17 Å². The number of benzodiazepines with no additional fused rings is 1. The number of para-hydroxylation sites is 1. The van der Waals surface area contributed by atoms with Crippen molar-refractivity contribution in [3.8, 4) is 0 Å². The fourth-order valence-electron chi connectivity index (χ4n) is 3.11. The zero-order valence-electron chi connectivity index (χ0n) is 14.1. The van der Waals surface area contributed by atoms with Crippen LogP contribution < -0.4 is 10.6 Å². The van der Waals surface area contributed by atoms with Gasteiger partial charge >= 0.3 is 0 Å². The van der Waals surface area contributed by atoms with Crippen molar-refractivity contribution < 1.29 is 4.79 Å². The Morgan fingerprint density at radius 2 is 1.73 bits per heavy atom. The molecule has 0 saturated carbocycles. The standard InChI is InChI=1S/C21H18N4O/c22-20-21(26)25(14-15-7-6-12-23-13-15)18-11-5-4-10-17(18)19(24-20)16-8-2-1-3-9-16/h1-13,20H,14,22H2. The Bertz CT molecular complexity index is 954. The number of anilines is 1. The molecule has 0 aliphatic carbocycles. The minimum Gasteiger partial charge on any atom is -0.304 e. The molecule has 4 rings (SSSR count). The van der Waals surface area contributed by atoms with E-state index in [1.165, 1.54) is 0 Å². The number of nitrogens with zero attached hydrogens (tertiary/aromatic N) is 3. The van der Waals surface area contributed by atoms with Gasteiger partial charge in [-0.2, -0.15) is 0 Å². The van der Waals surface area contributed by atoms with Gasteiger partial charge in [-0.1, -0.05) is 54.6 Å². The Kier molecular flexibility index (Phi) is 4.29. The van der Waals surface area contributed by atoms with Gasteiger partial charge in [-0.05, 0) is 17.7 Å². The van der Waals surface area contributed by atoms with E-state index in [1.54, 1.807) is 17.3 Å². The molecule has 26 heavy (non-hydrogen) atoms. The van der Waals surface area contributed by atoms with Crippen molar-refractivity contribution in [1.29, 1.82) is 0 Å². The molecule has 1 aliphatic heterocycles. The first-order chi connectivity index (χ1) is 12.7. The molecule has 1 atom stereocenters. The number of amides is 1. The molecule has 0 bridgehead atoms. The Hall–Kier alpha value is -3.31. The highest BCUT2D eigenvalue weighted by Gasteiger charge is 2.29. The van der Waals surface area contributed by atoms with E-state index in [4.69, 9.17) is 5.73 Å². The zero-order valence-corrected chi connectivity index (χ0v) is 14.1. The zero-order chi connectivity index (χ0) is 17.9. The smallest absolute Gasteiger partial charge is 0.266 e. The molecule has 5 nitrogen and oxygen atoms in total. The summed E-state index contributed by atoms with van der Waals surface area (Å²) in [6.07, 6.45) is 2.52. The van der Waals surface area contributed by atoms with Crippen LogP contribution in [0.5, 0.6) is 0 Å². The van der Waals surface area contributed by atoms with Crippen LogP contribution in [0, 0.1) is 0 Å². The van der Waals surface area contributed by atoms with E-state index in [0.717, 1.165) is 28.1 Å². The Balaban J connectivity index is 1.84. The van der Waals surface area contributed by atoms with Crippen molar-refractivity contribution in [2.75, 3.05) is 4.90 Å². The van der Waals surface area contributed by atoms with Gasteiger partial charge in [0.25, 0.3) is 5.91 Å². The predicted octanol–water partition coefficient (Wildman–Crippen LogP) is 2.75. The van der Waals surface area contributed by atoms with Crippen molar-refractivity contribution in [1.82, 2.24) is 4.98 Å². The monoisotopic (exact) mass is 342 g/mol. The molecule has 1 amide bonds. The quantitative estimate of drug-likeness (QED) is 0.795. The summed E-state index contributed by atoms with van der Waals surface area (Å²) in [7, 11) is 0. The second kappa shape index (κ2) is 6.90. The van der Waals surface area contributed by atoms with Crippen molar-refractivity contribution in [3.05, 3.63) is 95.8 Å². The minimum atomic E-state index is -0.950. The van der Waals surface area contributed by atoms with Gasteiger partial charge in [0.2, 0.25) is 0 Å². The summed E-state index contributed by atoms with van der Waals surface area (Å²) < 4.78 is 0. The molecule has 0 spiro atoms. The van der Waals surface area contributed by atoms with E-state index in [1.807, 2.05) is 66.7 Å². The van der Waals surface area contributed by atoms with Gasteiger partial charge in [-0.3, -0.25) is 14.8 Å². The lowest BCUT2D eigenvalue weighted by molar-refractivity contribution is -0.119. The highest BCUT2D eigenvalue weighted by atomic mass is 16.2. The molecule has 0 fully saturated rings. The van der Waals surface area contributed by atoms with Gasteiger partial charge in [-0.15, -0.1) is 0 Å². The van der Waals surface area contributed by atoms with E-state index in [2.05, 4.69) is 9.98 Å². The maximum atomic E-state index is 13.0. The summed E-state index contributed by atoms with van der Waals surface area (Å²) >= 11 is 0. The van der Waals surface area contributed by atoms with E-state index >= 15 is 0 Å². The maximum Gasteiger partial charge on any atom is 0.266 e. The molecule has 1 aliphatic rings. The molecule has 3 aromatic rings. The van der Waals surface area contributed by atoms with Gasteiger partial charge < -0.3 is 10.6 Å². The average Bonchev–Trinajstić information content (AvgIpc) is 2.80. The van der Waals surface area contributed by atoms with Gasteiger partial charge in [0.05, 0.1) is 17.9 Å². The number of aliphatic imine (C=N–C) groups is 1. The molecular formula is C21H18N4O. The first-order valence-electron chi connectivity index (χ1n) is 8.42. The third kappa shape index (κ3) is 3.00. The number of carbonyl (C=O) groups excluding carboxylic acids is 1. The summed E-state index contributed by atoms with van der Waals surface area (Å²) in [5.41, 5.74) is 10.4. The van der Waals surface area contributed by atoms with E-state index < -0.39 is 6.17 Å². The summed E-state index contributed by atoms with van der Waals surface area (Å²) in [5.74, 6) is -0.229. The van der Waals surface area contributed by atoms with E-state index in [9.17, 15) is 4.79 Å². The van der Waals surface area contributed by atoms with Gasteiger partial charge in [0.1, 0.15) is 0 Å². The Morgan fingerprint density at radius 3 is 2.50 bits per heavy atom. The van der Waals surface area contributed by atoms with Crippen LogP contribution in [0.15, 0.2) is 84.1 Å². The van der Waals surface area contributed by atoms with Crippen LogP contribution in [-0.2, 0) is 11.3 Å². The van der Waals surface area contributed by atoms with Crippen LogP contribution in [0.2, 0.25) is 0 Å². The number of fused-ring (bicyclic) bond motifs is 1. The second-order valence-corrected chi connectivity index (χ2v) is 6.09. The summed E-state index contributed by atoms with van der Waals surface area (Å²) in [5, 5.41) is 0. The van der Waals surface area contributed by atoms with E-state index in [0.29, 0.717) is 6.54 Å². The number of hydrogen-bond acceptors (Lipinski definition) is 4. The highest BCUT2D eigenvalue weighted by molar-refractivity contribution is 6.20. The molecule has 1 unspecified atom stereocenters. The van der Waals surface area contributed by atoms with Crippen LogP contribution in [0.4, 0.5) is 5.69 Å².